The van der Waals surface area contributed by atoms with Crippen LogP contribution in [0.4, 0.5) is 4.39 Å². The summed E-state index contributed by atoms with van der Waals surface area (Å²) in [4.78, 5) is 0. The first-order chi connectivity index (χ1) is 10.2. The molecule has 0 fully saturated rings. The second-order valence-corrected chi connectivity index (χ2v) is 5.37. The minimum atomic E-state index is -0.371. The summed E-state index contributed by atoms with van der Waals surface area (Å²) in [6, 6.07) is 12.4. The highest BCUT2D eigenvalue weighted by molar-refractivity contribution is 9.10. The summed E-state index contributed by atoms with van der Waals surface area (Å²) in [6.45, 7) is 1.13. The largest absolute Gasteiger partial charge is 0.490 e. The van der Waals surface area contributed by atoms with Crippen molar-refractivity contribution >= 4 is 15.9 Å². The highest BCUT2D eigenvalue weighted by atomic mass is 79.9. The van der Waals surface area contributed by atoms with E-state index in [9.17, 15) is 4.39 Å². The molecule has 2 aromatic rings. The minimum Gasteiger partial charge on any atom is -0.490 e. The number of rotatable bonds is 7. The molecule has 0 saturated heterocycles. The van der Waals surface area contributed by atoms with Gasteiger partial charge in [0.1, 0.15) is 19.0 Å². The minimum absolute atomic E-state index is 0.232. The molecule has 0 spiro atoms. The maximum absolute atomic E-state index is 13.8. The first-order valence-corrected chi connectivity index (χ1v) is 7.48. The van der Waals surface area contributed by atoms with Crippen molar-refractivity contribution in [2.24, 2.45) is 5.73 Å². The van der Waals surface area contributed by atoms with Gasteiger partial charge in [0.05, 0.1) is 0 Å². The molecule has 0 heterocycles. The highest BCUT2D eigenvalue weighted by Gasteiger charge is 2.04. The van der Waals surface area contributed by atoms with E-state index in [-0.39, 0.29) is 18.2 Å². The lowest BCUT2D eigenvalue weighted by molar-refractivity contribution is 0.211. The molecular formula is C16H17BrFNO2. The Hall–Kier alpha value is -1.59. The summed E-state index contributed by atoms with van der Waals surface area (Å²) in [7, 11) is 0. The fraction of sp³-hybridized carbons (Fsp3) is 0.250. The van der Waals surface area contributed by atoms with Crippen molar-refractivity contribution in [3.05, 3.63) is 58.3 Å². The molecule has 2 rings (SSSR count). The second kappa shape index (κ2) is 8.00. The molecule has 0 bridgehead atoms. The van der Waals surface area contributed by atoms with Crippen LogP contribution >= 0.6 is 15.9 Å². The van der Waals surface area contributed by atoms with Crippen LogP contribution in [0.5, 0.6) is 11.5 Å². The molecule has 0 radical (unpaired) electrons. The van der Waals surface area contributed by atoms with Crippen LogP contribution in [0.15, 0.2) is 46.9 Å². The van der Waals surface area contributed by atoms with Crippen LogP contribution in [0, 0.1) is 5.82 Å². The molecule has 0 amide bonds. The molecular weight excluding hydrogens is 337 g/mol. The van der Waals surface area contributed by atoms with E-state index in [4.69, 9.17) is 15.2 Å². The van der Waals surface area contributed by atoms with Gasteiger partial charge in [-0.15, -0.1) is 0 Å². The van der Waals surface area contributed by atoms with Gasteiger partial charge in [-0.05, 0) is 54.9 Å². The normalized spacial score (nSPS) is 10.4. The summed E-state index contributed by atoms with van der Waals surface area (Å²) in [5, 5.41) is 0. The van der Waals surface area contributed by atoms with Gasteiger partial charge in [-0.25, -0.2) is 4.39 Å². The molecule has 3 nitrogen and oxygen atoms in total. The highest BCUT2D eigenvalue weighted by Crippen LogP contribution is 2.19. The monoisotopic (exact) mass is 353 g/mol. The van der Waals surface area contributed by atoms with E-state index in [1.165, 1.54) is 6.07 Å². The van der Waals surface area contributed by atoms with Crippen LogP contribution in [0.2, 0.25) is 0 Å². The van der Waals surface area contributed by atoms with Gasteiger partial charge in [0, 0.05) is 4.47 Å². The SMILES string of the molecule is NCCc1ccc(OCCOc2ccc(Br)cc2)c(F)c1. The zero-order chi connectivity index (χ0) is 15.1. The van der Waals surface area contributed by atoms with Crippen molar-refractivity contribution in [1.82, 2.24) is 0 Å². The van der Waals surface area contributed by atoms with Crippen molar-refractivity contribution in [1.29, 1.82) is 0 Å². The van der Waals surface area contributed by atoms with Crippen molar-refractivity contribution < 1.29 is 13.9 Å². The fourth-order valence-corrected chi connectivity index (χ4v) is 2.09. The van der Waals surface area contributed by atoms with Crippen molar-refractivity contribution in [2.75, 3.05) is 19.8 Å². The lowest BCUT2D eigenvalue weighted by Gasteiger charge is -2.10. The van der Waals surface area contributed by atoms with E-state index in [2.05, 4.69) is 15.9 Å². The van der Waals surface area contributed by atoms with Gasteiger partial charge in [-0.3, -0.25) is 0 Å². The van der Waals surface area contributed by atoms with E-state index in [1.54, 1.807) is 6.07 Å². The Bertz CT molecular complexity index is 575. The third-order valence-electron chi connectivity index (χ3n) is 2.85. The van der Waals surface area contributed by atoms with Gasteiger partial charge >= 0.3 is 0 Å². The number of ether oxygens (including phenoxy) is 2. The molecule has 5 heteroatoms. The van der Waals surface area contributed by atoms with Crippen molar-refractivity contribution in [3.8, 4) is 11.5 Å². The molecule has 2 N–H and O–H groups in total. The Morgan fingerprint density at radius 3 is 2.38 bits per heavy atom. The van der Waals surface area contributed by atoms with E-state index in [1.807, 2.05) is 30.3 Å². The van der Waals surface area contributed by atoms with E-state index >= 15 is 0 Å². The molecule has 0 aliphatic carbocycles. The van der Waals surface area contributed by atoms with Crippen LogP contribution in [0.25, 0.3) is 0 Å². The molecule has 112 valence electrons. The van der Waals surface area contributed by atoms with E-state index in [0.29, 0.717) is 19.6 Å². The Kier molecular flexibility index (Phi) is 6.02. The van der Waals surface area contributed by atoms with E-state index in [0.717, 1.165) is 15.8 Å². The van der Waals surface area contributed by atoms with Crippen molar-refractivity contribution in [2.45, 2.75) is 6.42 Å². The molecule has 21 heavy (non-hydrogen) atoms. The number of nitrogens with two attached hydrogens (primary N) is 1. The third-order valence-corrected chi connectivity index (χ3v) is 3.38. The third kappa shape index (κ3) is 5.02. The maximum atomic E-state index is 13.8. The van der Waals surface area contributed by atoms with Gasteiger partial charge < -0.3 is 15.2 Å². The number of hydrogen-bond donors (Lipinski definition) is 1. The quantitative estimate of drug-likeness (QED) is 0.774. The summed E-state index contributed by atoms with van der Waals surface area (Å²) in [5.41, 5.74) is 6.31. The smallest absolute Gasteiger partial charge is 0.165 e. The fourth-order valence-electron chi connectivity index (χ4n) is 1.83. The predicted octanol–water partition coefficient (Wildman–Crippen LogP) is 3.55. The molecule has 0 aliphatic rings. The molecule has 0 unspecified atom stereocenters. The zero-order valence-corrected chi connectivity index (χ0v) is 13.1. The van der Waals surface area contributed by atoms with Crippen LogP contribution < -0.4 is 15.2 Å². The van der Waals surface area contributed by atoms with Crippen LogP contribution in [0.3, 0.4) is 0 Å². The maximum Gasteiger partial charge on any atom is 0.165 e. The Labute approximate surface area is 132 Å². The Morgan fingerprint density at radius 2 is 1.71 bits per heavy atom. The van der Waals surface area contributed by atoms with Gasteiger partial charge in [-0.2, -0.15) is 0 Å². The zero-order valence-electron chi connectivity index (χ0n) is 11.5. The number of hydrogen-bond acceptors (Lipinski definition) is 3. The summed E-state index contributed by atoms with van der Waals surface area (Å²) in [5.74, 6) is 0.611. The molecule has 0 saturated carbocycles. The average Bonchev–Trinajstić information content (AvgIpc) is 2.47. The van der Waals surface area contributed by atoms with Crippen LogP contribution in [-0.2, 0) is 6.42 Å². The van der Waals surface area contributed by atoms with Gasteiger partial charge in [0.2, 0.25) is 0 Å². The Morgan fingerprint density at radius 1 is 1.00 bits per heavy atom. The standard InChI is InChI=1S/C16H17BrFNO2/c17-13-2-4-14(5-3-13)20-9-10-21-16-6-1-12(7-8-19)11-15(16)18/h1-6,11H,7-10,19H2. The average molecular weight is 354 g/mol. The summed E-state index contributed by atoms with van der Waals surface area (Å²) < 4.78 is 25.6. The van der Waals surface area contributed by atoms with Gasteiger partial charge in [-0.1, -0.05) is 22.0 Å². The summed E-state index contributed by atoms with van der Waals surface area (Å²) >= 11 is 3.35. The van der Waals surface area contributed by atoms with E-state index < -0.39 is 0 Å². The van der Waals surface area contributed by atoms with Crippen LogP contribution in [-0.4, -0.2) is 19.8 Å². The van der Waals surface area contributed by atoms with Gasteiger partial charge in [0.15, 0.2) is 11.6 Å². The molecule has 2 aromatic carbocycles. The van der Waals surface area contributed by atoms with Gasteiger partial charge in [0.25, 0.3) is 0 Å². The molecule has 0 aliphatic heterocycles. The number of halogens is 2. The van der Waals surface area contributed by atoms with Crippen molar-refractivity contribution in [3.63, 3.8) is 0 Å². The lowest BCUT2D eigenvalue weighted by Crippen LogP contribution is -2.10. The molecule has 0 atom stereocenters. The number of benzene rings is 2. The lowest BCUT2D eigenvalue weighted by atomic mass is 10.1. The first kappa shape index (κ1) is 15.8. The summed E-state index contributed by atoms with van der Waals surface area (Å²) in [6.07, 6.45) is 0.657. The van der Waals surface area contributed by atoms with Crippen LogP contribution in [0.1, 0.15) is 5.56 Å². The predicted molar refractivity (Wildman–Crippen MR) is 84.3 cm³/mol. The second-order valence-electron chi connectivity index (χ2n) is 4.45. The molecule has 0 aromatic heterocycles. The Balaban J connectivity index is 1.79. The topological polar surface area (TPSA) is 44.5 Å². The first-order valence-electron chi connectivity index (χ1n) is 6.68.